The van der Waals surface area contributed by atoms with Crippen molar-refractivity contribution < 1.29 is 4.79 Å². The third-order valence-corrected chi connectivity index (χ3v) is 3.71. The number of nitrogens with two attached hydrogens (primary N) is 1. The van der Waals surface area contributed by atoms with Crippen molar-refractivity contribution in [3.63, 3.8) is 0 Å². The average molecular weight is 268 g/mol. The van der Waals surface area contributed by atoms with E-state index >= 15 is 0 Å². The van der Waals surface area contributed by atoms with Crippen LogP contribution in [0.4, 0.5) is 11.4 Å². The Kier molecular flexibility index (Phi) is 3.79. The van der Waals surface area contributed by atoms with Gasteiger partial charge < -0.3 is 11.1 Å². The highest BCUT2D eigenvalue weighted by Gasteiger charge is 2.12. The van der Waals surface area contributed by atoms with E-state index in [4.69, 9.17) is 5.73 Å². The van der Waals surface area contributed by atoms with Gasteiger partial charge in [0.1, 0.15) is 0 Å². The van der Waals surface area contributed by atoms with E-state index in [0.717, 1.165) is 27.9 Å². The van der Waals surface area contributed by atoms with Crippen LogP contribution < -0.4 is 11.1 Å². The van der Waals surface area contributed by atoms with Gasteiger partial charge in [-0.3, -0.25) is 4.79 Å². The lowest BCUT2D eigenvalue weighted by Crippen LogP contribution is -2.15. The quantitative estimate of drug-likeness (QED) is 0.815. The fourth-order valence-corrected chi connectivity index (χ4v) is 2.19. The molecule has 3 N–H and O–H groups in total. The Morgan fingerprint density at radius 2 is 1.70 bits per heavy atom. The molecule has 2 aromatic rings. The fourth-order valence-electron chi connectivity index (χ4n) is 2.19. The summed E-state index contributed by atoms with van der Waals surface area (Å²) >= 11 is 0. The molecule has 0 heterocycles. The minimum Gasteiger partial charge on any atom is -0.398 e. The third kappa shape index (κ3) is 2.67. The van der Waals surface area contributed by atoms with Gasteiger partial charge in [-0.15, -0.1) is 0 Å². The SMILES string of the molecule is Cc1cc(C)c(NC(=O)c2cccc(C)c2C)cc1N. The molecule has 0 unspecified atom stereocenters. The van der Waals surface area contributed by atoms with Crippen LogP contribution in [0, 0.1) is 27.7 Å². The highest BCUT2D eigenvalue weighted by Crippen LogP contribution is 2.23. The van der Waals surface area contributed by atoms with Crippen molar-refractivity contribution in [3.05, 3.63) is 58.1 Å². The lowest BCUT2D eigenvalue weighted by Gasteiger charge is -2.13. The smallest absolute Gasteiger partial charge is 0.255 e. The molecule has 0 atom stereocenters. The predicted octanol–water partition coefficient (Wildman–Crippen LogP) is 3.75. The summed E-state index contributed by atoms with van der Waals surface area (Å²) < 4.78 is 0. The maximum Gasteiger partial charge on any atom is 0.255 e. The van der Waals surface area contributed by atoms with Crippen LogP contribution in [0.3, 0.4) is 0 Å². The van der Waals surface area contributed by atoms with Gasteiger partial charge in [-0.2, -0.15) is 0 Å². The lowest BCUT2D eigenvalue weighted by molar-refractivity contribution is 0.102. The molecule has 0 aliphatic rings. The number of benzene rings is 2. The third-order valence-electron chi connectivity index (χ3n) is 3.71. The van der Waals surface area contributed by atoms with Crippen LogP contribution in [0.1, 0.15) is 32.6 Å². The van der Waals surface area contributed by atoms with Gasteiger partial charge in [-0.1, -0.05) is 18.2 Å². The summed E-state index contributed by atoms with van der Waals surface area (Å²) in [6, 6.07) is 9.53. The van der Waals surface area contributed by atoms with Crippen molar-refractivity contribution in [3.8, 4) is 0 Å². The number of anilines is 2. The molecule has 1 amide bonds. The second-order valence-electron chi connectivity index (χ2n) is 5.23. The summed E-state index contributed by atoms with van der Waals surface area (Å²) in [5, 5.41) is 2.94. The zero-order valence-corrected chi connectivity index (χ0v) is 12.4. The standard InChI is InChI=1S/C17H20N2O/c1-10-6-5-7-14(13(10)4)17(20)19-16-9-15(18)11(2)8-12(16)3/h5-9H,18H2,1-4H3,(H,19,20). The topological polar surface area (TPSA) is 55.1 Å². The number of hydrogen-bond acceptors (Lipinski definition) is 2. The van der Waals surface area contributed by atoms with Crippen LogP contribution in [-0.2, 0) is 0 Å². The van der Waals surface area contributed by atoms with E-state index < -0.39 is 0 Å². The molecule has 0 aliphatic heterocycles. The van der Waals surface area contributed by atoms with Crippen molar-refractivity contribution in [2.24, 2.45) is 0 Å². The largest absolute Gasteiger partial charge is 0.398 e. The van der Waals surface area contributed by atoms with Crippen LogP contribution in [0.2, 0.25) is 0 Å². The Balaban J connectivity index is 2.33. The molecule has 104 valence electrons. The van der Waals surface area contributed by atoms with Crippen LogP contribution >= 0.6 is 0 Å². The highest BCUT2D eigenvalue weighted by molar-refractivity contribution is 6.06. The molecule has 0 spiro atoms. The highest BCUT2D eigenvalue weighted by atomic mass is 16.1. The molecule has 3 nitrogen and oxygen atoms in total. The van der Waals surface area contributed by atoms with E-state index in [9.17, 15) is 4.79 Å². The Morgan fingerprint density at radius 1 is 1.00 bits per heavy atom. The number of nitrogens with one attached hydrogen (secondary N) is 1. The Hall–Kier alpha value is -2.29. The van der Waals surface area contributed by atoms with Crippen molar-refractivity contribution in [2.45, 2.75) is 27.7 Å². The molecular formula is C17H20N2O. The zero-order valence-electron chi connectivity index (χ0n) is 12.4. The number of carbonyl (C=O) groups is 1. The normalized spacial score (nSPS) is 10.4. The number of carbonyl (C=O) groups excluding carboxylic acids is 1. The molecule has 0 aliphatic carbocycles. The zero-order chi connectivity index (χ0) is 14.9. The average Bonchev–Trinajstić information content (AvgIpc) is 2.39. The van der Waals surface area contributed by atoms with Gasteiger partial charge in [0.25, 0.3) is 5.91 Å². The van der Waals surface area contributed by atoms with Crippen LogP contribution in [-0.4, -0.2) is 5.91 Å². The van der Waals surface area contributed by atoms with Gasteiger partial charge in [0.15, 0.2) is 0 Å². The molecule has 2 aromatic carbocycles. The van der Waals surface area contributed by atoms with Gasteiger partial charge >= 0.3 is 0 Å². The van der Waals surface area contributed by atoms with E-state index in [0.29, 0.717) is 11.3 Å². The number of hydrogen-bond donors (Lipinski definition) is 2. The maximum atomic E-state index is 12.4. The summed E-state index contributed by atoms with van der Waals surface area (Å²) in [6.45, 7) is 7.88. The summed E-state index contributed by atoms with van der Waals surface area (Å²) in [7, 11) is 0. The number of amides is 1. The first-order valence-corrected chi connectivity index (χ1v) is 6.64. The molecule has 20 heavy (non-hydrogen) atoms. The minimum absolute atomic E-state index is 0.0995. The van der Waals surface area contributed by atoms with Gasteiger partial charge in [0.05, 0.1) is 0 Å². The molecule has 0 saturated heterocycles. The molecule has 0 saturated carbocycles. The van der Waals surface area contributed by atoms with E-state index in [1.54, 1.807) is 0 Å². The molecule has 0 radical (unpaired) electrons. The van der Waals surface area contributed by atoms with E-state index in [-0.39, 0.29) is 5.91 Å². The molecule has 3 heteroatoms. The Morgan fingerprint density at radius 3 is 2.40 bits per heavy atom. The first-order valence-electron chi connectivity index (χ1n) is 6.64. The molecule has 0 aromatic heterocycles. The summed E-state index contributed by atoms with van der Waals surface area (Å²) in [4.78, 5) is 12.4. The maximum absolute atomic E-state index is 12.4. The van der Waals surface area contributed by atoms with Gasteiger partial charge in [0.2, 0.25) is 0 Å². The van der Waals surface area contributed by atoms with E-state index in [1.165, 1.54) is 0 Å². The second kappa shape index (κ2) is 5.37. The van der Waals surface area contributed by atoms with Gasteiger partial charge in [-0.05, 0) is 62.1 Å². The molecule has 0 bridgehead atoms. The van der Waals surface area contributed by atoms with Gasteiger partial charge in [0, 0.05) is 16.9 Å². The molecular weight excluding hydrogens is 248 g/mol. The Bertz CT molecular complexity index is 675. The number of rotatable bonds is 2. The van der Waals surface area contributed by atoms with Crippen molar-refractivity contribution >= 4 is 17.3 Å². The number of nitrogen functional groups attached to an aromatic ring is 1. The van der Waals surface area contributed by atoms with E-state index in [1.807, 2.05) is 58.0 Å². The van der Waals surface area contributed by atoms with Crippen molar-refractivity contribution in [1.29, 1.82) is 0 Å². The van der Waals surface area contributed by atoms with Crippen molar-refractivity contribution in [1.82, 2.24) is 0 Å². The monoisotopic (exact) mass is 268 g/mol. The van der Waals surface area contributed by atoms with Crippen molar-refractivity contribution in [2.75, 3.05) is 11.1 Å². The van der Waals surface area contributed by atoms with Crippen LogP contribution in [0.5, 0.6) is 0 Å². The predicted molar refractivity (Wildman–Crippen MR) is 84.2 cm³/mol. The van der Waals surface area contributed by atoms with Crippen LogP contribution in [0.15, 0.2) is 30.3 Å². The summed E-state index contributed by atoms with van der Waals surface area (Å²) in [5.74, 6) is -0.0995. The number of aryl methyl sites for hydroxylation is 3. The fraction of sp³-hybridized carbons (Fsp3) is 0.235. The molecule has 0 fully saturated rings. The summed E-state index contributed by atoms with van der Waals surface area (Å²) in [6.07, 6.45) is 0. The summed E-state index contributed by atoms with van der Waals surface area (Å²) in [5.41, 5.74) is 12.2. The second-order valence-corrected chi connectivity index (χ2v) is 5.23. The van der Waals surface area contributed by atoms with Gasteiger partial charge in [-0.25, -0.2) is 0 Å². The first kappa shape index (κ1) is 14.1. The first-order chi connectivity index (χ1) is 9.40. The Labute approximate surface area is 119 Å². The lowest BCUT2D eigenvalue weighted by atomic mass is 10.0. The minimum atomic E-state index is -0.0995. The molecule has 2 rings (SSSR count). The van der Waals surface area contributed by atoms with Crippen LogP contribution in [0.25, 0.3) is 0 Å². The van der Waals surface area contributed by atoms with E-state index in [2.05, 4.69) is 5.32 Å².